The highest BCUT2D eigenvalue weighted by atomic mass is 35.5. The quantitative estimate of drug-likeness (QED) is 0.447. The predicted octanol–water partition coefficient (Wildman–Crippen LogP) is 4.51. The summed E-state index contributed by atoms with van der Waals surface area (Å²) < 4.78 is 7.29. The average molecular weight is 398 g/mol. The number of halogens is 1. The van der Waals surface area contributed by atoms with Crippen molar-refractivity contribution in [3.05, 3.63) is 23.2 Å². The second-order valence-electron chi connectivity index (χ2n) is 6.42. The van der Waals surface area contributed by atoms with Gasteiger partial charge >= 0.3 is 0 Å². The van der Waals surface area contributed by atoms with E-state index in [1.165, 1.54) is 24.6 Å². The van der Waals surface area contributed by atoms with Crippen molar-refractivity contribution in [1.29, 1.82) is 0 Å². The Hall–Kier alpha value is -1.24. The number of amides is 1. The number of hydrogen-bond acceptors (Lipinski definition) is 4. The summed E-state index contributed by atoms with van der Waals surface area (Å²) in [7, 11) is 1.68. The van der Waals surface area contributed by atoms with E-state index < -0.39 is 0 Å². The summed E-state index contributed by atoms with van der Waals surface area (Å²) in [6, 6.07) is 5.87. The number of ether oxygens (including phenoxy) is 1. The van der Waals surface area contributed by atoms with E-state index in [4.69, 9.17) is 16.3 Å². The number of nitrogens with one attached hydrogen (secondary N) is 1. The molecule has 26 heavy (non-hydrogen) atoms. The average Bonchev–Trinajstić information content (AvgIpc) is 2.94. The Morgan fingerprint density at radius 1 is 1.42 bits per heavy atom. The zero-order valence-corrected chi connectivity index (χ0v) is 17.3. The molecule has 0 aliphatic carbocycles. The van der Waals surface area contributed by atoms with Gasteiger partial charge in [-0.15, -0.1) is 0 Å². The van der Waals surface area contributed by atoms with Gasteiger partial charge in [0, 0.05) is 24.7 Å². The summed E-state index contributed by atoms with van der Waals surface area (Å²) in [6.45, 7) is 5.52. The highest BCUT2D eigenvalue weighted by molar-refractivity contribution is 7.99. The van der Waals surface area contributed by atoms with Crippen LogP contribution >= 0.6 is 23.4 Å². The molecular weight excluding hydrogens is 370 g/mol. The molecular formula is C19H28ClN3O2S. The Balaban J connectivity index is 1.99. The van der Waals surface area contributed by atoms with Crippen LogP contribution in [0.5, 0.6) is 0 Å². The molecule has 1 amide bonds. The van der Waals surface area contributed by atoms with E-state index in [0.717, 1.165) is 29.0 Å². The molecule has 2 rings (SSSR count). The molecule has 5 nitrogen and oxygen atoms in total. The fourth-order valence-electron chi connectivity index (χ4n) is 2.81. The third-order valence-electron chi connectivity index (χ3n) is 4.17. The van der Waals surface area contributed by atoms with Gasteiger partial charge in [0.05, 0.1) is 23.4 Å². The third kappa shape index (κ3) is 6.18. The van der Waals surface area contributed by atoms with Crippen molar-refractivity contribution in [2.24, 2.45) is 0 Å². The molecule has 1 atom stereocenters. The van der Waals surface area contributed by atoms with Crippen LogP contribution in [0.4, 0.5) is 0 Å². The second kappa shape index (κ2) is 10.8. The topological polar surface area (TPSA) is 56.2 Å². The van der Waals surface area contributed by atoms with Crippen molar-refractivity contribution >= 4 is 40.3 Å². The molecule has 0 fully saturated rings. The van der Waals surface area contributed by atoms with Crippen LogP contribution in [0.2, 0.25) is 5.02 Å². The van der Waals surface area contributed by atoms with Crippen molar-refractivity contribution in [2.45, 2.75) is 57.3 Å². The Bertz CT molecular complexity index is 720. The first-order valence-corrected chi connectivity index (χ1v) is 10.5. The SMILES string of the molecule is CCCCCC(C)NC(=O)CSc1nc2cc(Cl)ccc2n1CCOC. The summed E-state index contributed by atoms with van der Waals surface area (Å²) >= 11 is 7.53. The maximum absolute atomic E-state index is 12.2. The Kier molecular flexibility index (Phi) is 8.75. The Morgan fingerprint density at radius 3 is 2.96 bits per heavy atom. The number of nitrogens with zero attached hydrogens (tertiary/aromatic N) is 2. The normalized spacial score (nSPS) is 12.5. The lowest BCUT2D eigenvalue weighted by Gasteiger charge is -2.13. The number of imidazole rings is 1. The first-order valence-electron chi connectivity index (χ1n) is 9.12. The molecule has 0 saturated heterocycles. The van der Waals surface area contributed by atoms with Gasteiger partial charge in [0.15, 0.2) is 5.16 Å². The highest BCUT2D eigenvalue weighted by Crippen LogP contribution is 2.26. The van der Waals surface area contributed by atoms with Crippen LogP contribution in [0.25, 0.3) is 11.0 Å². The standard InChI is InChI=1S/C19H28ClN3O2S/c1-4-5-6-7-14(2)21-18(24)13-26-19-22-16-12-15(20)8-9-17(16)23(19)10-11-25-3/h8-9,12,14H,4-7,10-11,13H2,1-3H3,(H,21,24). The van der Waals surface area contributed by atoms with Crippen LogP contribution in [0, 0.1) is 0 Å². The molecule has 0 aliphatic rings. The summed E-state index contributed by atoms with van der Waals surface area (Å²) in [4.78, 5) is 16.9. The smallest absolute Gasteiger partial charge is 0.230 e. The maximum Gasteiger partial charge on any atom is 0.230 e. The van der Waals surface area contributed by atoms with Gasteiger partial charge in [-0.1, -0.05) is 49.5 Å². The molecule has 1 unspecified atom stereocenters. The van der Waals surface area contributed by atoms with Crippen LogP contribution in [-0.4, -0.2) is 41.0 Å². The molecule has 1 heterocycles. The van der Waals surface area contributed by atoms with Crippen molar-refractivity contribution in [1.82, 2.24) is 14.9 Å². The number of unbranched alkanes of at least 4 members (excludes halogenated alkanes) is 2. The molecule has 2 aromatic rings. The van der Waals surface area contributed by atoms with E-state index in [1.54, 1.807) is 7.11 Å². The van der Waals surface area contributed by atoms with Gasteiger partial charge < -0.3 is 14.6 Å². The first kappa shape index (κ1) is 21.1. The van der Waals surface area contributed by atoms with E-state index in [2.05, 4.69) is 28.7 Å². The minimum absolute atomic E-state index is 0.0439. The number of carbonyl (C=O) groups excluding carboxylic acids is 1. The number of carbonyl (C=O) groups is 1. The Morgan fingerprint density at radius 2 is 2.23 bits per heavy atom. The van der Waals surface area contributed by atoms with Crippen LogP contribution < -0.4 is 5.32 Å². The lowest BCUT2D eigenvalue weighted by molar-refractivity contribution is -0.119. The van der Waals surface area contributed by atoms with E-state index in [9.17, 15) is 4.79 Å². The molecule has 144 valence electrons. The van der Waals surface area contributed by atoms with E-state index >= 15 is 0 Å². The van der Waals surface area contributed by atoms with Crippen LogP contribution in [0.15, 0.2) is 23.4 Å². The van der Waals surface area contributed by atoms with Gasteiger partial charge in [0.1, 0.15) is 0 Å². The monoisotopic (exact) mass is 397 g/mol. The number of hydrogen-bond donors (Lipinski definition) is 1. The molecule has 0 saturated carbocycles. The van der Waals surface area contributed by atoms with Gasteiger partial charge in [0.25, 0.3) is 0 Å². The zero-order chi connectivity index (χ0) is 18.9. The summed E-state index contributed by atoms with van der Waals surface area (Å²) in [5, 5.41) is 4.54. The number of benzene rings is 1. The van der Waals surface area contributed by atoms with Crippen molar-refractivity contribution in [3.63, 3.8) is 0 Å². The van der Waals surface area contributed by atoms with Crippen molar-refractivity contribution in [2.75, 3.05) is 19.5 Å². The third-order valence-corrected chi connectivity index (χ3v) is 5.39. The van der Waals surface area contributed by atoms with Gasteiger partial charge in [-0.25, -0.2) is 4.98 Å². The van der Waals surface area contributed by atoms with Crippen LogP contribution in [-0.2, 0) is 16.1 Å². The number of fused-ring (bicyclic) bond motifs is 1. The largest absolute Gasteiger partial charge is 0.383 e. The predicted molar refractivity (Wildman–Crippen MR) is 109 cm³/mol. The minimum atomic E-state index is 0.0439. The van der Waals surface area contributed by atoms with E-state index in [0.29, 0.717) is 23.9 Å². The van der Waals surface area contributed by atoms with Gasteiger partial charge in [-0.2, -0.15) is 0 Å². The molecule has 0 spiro atoms. The van der Waals surface area contributed by atoms with Crippen LogP contribution in [0.3, 0.4) is 0 Å². The van der Waals surface area contributed by atoms with Gasteiger partial charge in [-0.3, -0.25) is 4.79 Å². The molecule has 0 aliphatic heterocycles. The Labute approximate surface area is 164 Å². The van der Waals surface area contributed by atoms with Crippen molar-refractivity contribution < 1.29 is 9.53 Å². The summed E-state index contributed by atoms with van der Waals surface area (Å²) in [5.41, 5.74) is 1.84. The zero-order valence-electron chi connectivity index (χ0n) is 15.8. The first-order chi connectivity index (χ1) is 12.5. The summed E-state index contributed by atoms with van der Waals surface area (Å²) in [6.07, 6.45) is 4.58. The van der Waals surface area contributed by atoms with E-state index in [-0.39, 0.29) is 11.9 Å². The lowest BCUT2D eigenvalue weighted by Crippen LogP contribution is -2.33. The molecule has 1 aromatic carbocycles. The molecule has 7 heteroatoms. The highest BCUT2D eigenvalue weighted by Gasteiger charge is 2.14. The lowest BCUT2D eigenvalue weighted by atomic mass is 10.1. The van der Waals surface area contributed by atoms with E-state index in [1.807, 2.05) is 18.2 Å². The number of rotatable bonds is 11. The molecule has 1 N–H and O–H groups in total. The minimum Gasteiger partial charge on any atom is -0.383 e. The second-order valence-corrected chi connectivity index (χ2v) is 7.80. The summed E-state index contributed by atoms with van der Waals surface area (Å²) in [5.74, 6) is 0.393. The van der Waals surface area contributed by atoms with Gasteiger partial charge in [0.2, 0.25) is 5.91 Å². The fraction of sp³-hybridized carbons (Fsp3) is 0.579. The fourth-order valence-corrected chi connectivity index (χ4v) is 3.83. The number of methoxy groups -OCH3 is 1. The van der Waals surface area contributed by atoms with Crippen LogP contribution in [0.1, 0.15) is 39.5 Å². The number of aromatic nitrogens is 2. The maximum atomic E-state index is 12.2. The number of thioether (sulfide) groups is 1. The van der Waals surface area contributed by atoms with Crippen molar-refractivity contribution in [3.8, 4) is 0 Å². The van der Waals surface area contributed by atoms with Gasteiger partial charge in [-0.05, 0) is 31.5 Å². The molecule has 0 radical (unpaired) electrons. The molecule has 0 bridgehead atoms. The molecule has 1 aromatic heterocycles.